The van der Waals surface area contributed by atoms with Crippen molar-refractivity contribution in [1.82, 2.24) is 15.3 Å². The molecule has 4 aromatic rings. The number of aromatic nitrogens is 2. The summed E-state index contributed by atoms with van der Waals surface area (Å²) in [7, 11) is 0. The summed E-state index contributed by atoms with van der Waals surface area (Å²) in [4.78, 5) is 32.4. The molecule has 7 nitrogen and oxygen atoms in total. The zero-order valence-electron chi connectivity index (χ0n) is 18.2. The topological polar surface area (TPSA) is 124 Å². The Balaban J connectivity index is 1.47. The molecule has 0 bridgehead atoms. The number of anilines is 1. The fraction of sp³-hybridized carbons (Fsp3) is 0.0769. The highest BCUT2D eigenvalue weighted by Gasteiger charge is 2.12. The van der Waals surface area contributed by atoms with Gasteiger partial charge in [-0.25, -0.2) is 14.4 Å². The van der Waals surface area contributed by atoms with Gasteiger partial charge in [-0.2, -0.15) is 0 Å². The van der Waals surface area contributed by atoms with Crippen molar-refractivity contribution >= 4 is 17.6 Å². The SMILES string of the molecule is NC(=O)c1nc(Cc2cccc(C(=O)NCc3ccccc3-c3ccc(F)cc3)c2)cnc1N. The molecule has 2 amide bonds. The van der Waals surface area contributed by atoms with Gasteiger partial charge < -0.3 is 16.8 Å². The van der Waals surface area contributed by atoms with Gasteiger partial charge in [0.2, 0.25) is 0 Å². The van der Waals surface area contributed by atoms with E-state index in [1.807, 2.05) is 30.3 Å². The van der Waals surface area contributed by atoms with Gasteiger partial charge in [-0.3, -0.25) is 9.59 Å². The van der Waals surface area contributed by atoms with Crippen molar-refractivity contribution in [3.8, 4) is 11.1 Å². The number of primary amides is 1. The fourth-order valence-corrected chi connectivity index (χ4v) is 3.60. The molecular weight excluding hydrogens is 433 g/mol. The molecule has 5 N–H and O–H groups in total. The Bertz CT molecular complexity index is 1360. The van der Waals surface area contributed by atoms with Crippen molar-refractivity contribution in [2.45, 2.75) is 13.0 Å². The van der Waals surface area contributed by atoms with Crippen LogP contribution in [-0.2, 0) is 13.0 Å². The average Bonchev–Trinajstić information content (AvgIpc) is 2.84. The third-order valence-corrected chi connectivity index (χ3v) is 5.27. The maximum atomic E-state index is 13.3. The maximum absolute atomic E-state index is 13.3. The van der Waals surface area contributed by atoms with Crippen molar-refractivity contribution in [1.29, 1.82) is 0 Å². The minimum Gasteiger partial charge on any atom is -0.382 e. The first kappa shape index (κ1) is 22.6. The van der Waals surface area contributed by atoms with E-state index in [0.29, 0.717) is 24.2 Å². The number of amides is 2. The third kappa shape index (κ3) is 5.24. The van der Waals surface area contributed by atoms with Crippen LogP contribution in [0.1, 0.15) is 37.7 Å². The van der Waals surface area contributed by atoms with Gasteiger partial charge in [0.1, 0.15) is 5.82 Å². The molecule has 0 atom stereocenters. The predicted molar refractivity (Wildman–Crippen MR) is 127 cm³/mol. The number of nitrogens with two attached hydrogens (primary N) is 2. The fourth-order valence-electron chi connectivity index (χ4n) is 3.60. The van der Waals surface area contributed by atoms with Crippen molar-refractivity contribution in [2.24, 2.45) is 5.73 Å². The Labute approximate surface area is 195 Å². The number of rotatable bonds is 7. The first-order chi connectivity index (χ1) is 16.4. The van der Waals surface area contributed by atoms with Crippen LogP contribution in [0.25, 0.3) is 11.1 Å². The minimum atomic E-state index is -0.749. The molecule has 0 saturated carbocycles. The van der Waals surface area contributed by atoms with Crippen LogP contribution in [0.3, 0.4) is 0 Å². The second-order valence-corrected chi connectivity index (χ2v) is 7.68. The van der Waals surface area contributed by atoms with E-state index in [2.05, 4.69) is 15.3 Å². The second kappa shape index (κ2) is 9.91. The molecule has 0 radical (unpaired) electrons. The summed E-state index contributed by atoms with van der Waals surface area (Å²) < 4.78 is 13.3. The minimum absolute atomic E-state index is 0.0229. The number of benzene rings is 3. The van der Waals surface area contributed by atoms with Gasteiger partial charge in [-0.05, 0) is 46.5 Å². The molecule has 1 heterocycles. The van der Waals surface area contributed by atoms with E-state index in [1.165, 1.54) is 18.3 Å². The van der Waals surface area contributed by atoms with Gasteiger partial charge in [0, 0.05) is 18.5 Å². The Morgan fingerprint density at radius 1 is 0.971 bits per heavy atom. The predicted octanol–water partition coefficient (Wildman–Crippen LogP) is 3.48. The lowest BCUT2D eigenvalue weighted by Crippen LogP contribution is -2.23. The van der Waals surface area contributed by atoms with E-state index in [1.54, 1.807) is 30.3 Å². The smallest absolute Gasteiger partial charge is 0.271 e. The van der Waals surface area contributed by atoms with Crippen LogP contribution < -0.4 is 16.8 Å². The zero-order valence-corrected chi connectivity index (χ0v) is 18.2. The molecule has 0 aliphatic carbocycles. The molecule has 8 heteroatoms. The highest BCUT2D eigenvalue weighted by atomic mass is 19.1. The van der Waals surface area contributed by atoms with Crippen LogP contribution in [0, 0.1) is 5.82 Å². The molecule has 0 saturated heterocycles. The zero-order chi connectivity index (χ0) is 24.1. The summed E-state index contributed by atoms with van der Waals surface area (Å²) in [6.45, 7) is 0.308. The summed E-state index contributed by atoms with van der Waals surface area (Å²) >= 11 is 0. The largest absolute Gasteiger partial charge is 0.382 e. The number of carbonyl (C=O) groups excluding carboxylic acids is 2. The van der Waals surface area contributed by atoms with Crippen LogP contribution in [0.5, 0.6) is 0 Å². The summed E-state index contributed by atoms with van der Waals surface area (Å²) in [6.07, 6.45) is 1.82. The Hall–Kier alpha value is -4.59. The van der Waals surface area contributed by atoms with Crippen LogP contribution in [-0.4, -0.2) is 21.8 Å². The van der Waals surface area contributed by atoms with Crippen molar-refractivity contribution < 1.29 is 14.0 Å². The van der Waals surface area contributed by atoms with Gasteiger partial charge in [-0.1, -0.05) is 48.5 Å². The van der Waals surface area contributed by atoms with Gasteiger partial charge in [0.15, 0.2) is 11.5 Å². The maximum Gasteiger partial charge on any atom is 0.271 e. The number of hydrogen-bond donors (Lipinski definition) is 3. The van der Waals surface area contributed by atoms with Crippen molar-refractivity contribution in [2.75, 3.05) is 5.73 Å². The highest BCUT2D eigenvalue weighted by Crippen LogP contribution is 2.24. The number of halogens is 1. The lowest BCUT2D eigenvalue weighted by molar-refractivity contribution is 0.0949. The molecular formula is C26H22FN5O2. The molecule has 0 fully saturated rings. The van der Waals surface area contributed by atoms with E-state index >= 15 is 0 Å². The number of nitrogens with zero attached hydrogens (tertiary/aromatic N) is 2. The van der Waals surface area contributed by atoms with E-state index < -0.39 is 5.91 Å². The molecule has 1 aromatic heterocycles. The Morgan fingerprint density at radius 2 is 1.74 bits per heavy atom. The van der Waals surface area contributed by atoms with E-state index in [9.17, 15) is 14.0 Å². The summed E-state index contributed by atoms with van der Waals surface area (Å²) in [6, 6.07) is 21.0. The first-order valence-corrected chi connectivity index (χ1v) is 10.5. The summed E-state index contributed by atoms with van der Waals surface area (Å²) in [5, 5.41) is 2.94. The standard InChI is InChI=1S/C26H22FN5O2/c27-20-10-8-17(9-11-20)22-7-2-1-5-19(22)14-31-26(34)18-6-3-4-16(12-18)13-21-15-30-24(28)23(32-21)25(29)33/h1-12,15H,13-14H2,(H2,28,30)(H2,29,33)(H,31,34). The highest BCUT2D eigenvalue weighted by molar-refractivity contribution is 5.95. The molecule has 0 aliphatic rings. The Morgan fingerprint density at radius 3 is 2.50 bits per heavy atom. The normalized spacial score (nSPS) is 10.6. The number of nitrogen functional groups attached to an aromatic ring is 1. The van der Waals surface area contributed by atoms with Gasteiger partial charge in [-0.15, -0.1) is 0 Å². The molecule has 34 heavy (non-hydrogen) atoms. The Kier molecular flexibility index (Phi) is 6.59. The quantitative estimate of drug-likeness (QED) is 0.394. The van der Waals surface area contributed by atoms with Gasteiger partial charge >= 0.3 is 0 Å². The van der Waals surface area contributed by atoms with Crippen LogP contribution in [0.15, 0.2) is 79.0 Å². The van der Waals surface area contributed by atoms with Crippen LogP contribution in [0.4, 0.5) is 10.2 Å². The summed E-state index contributed by atoms with van der Waals surface area (Å²) in [5.74, 6) is -1.31. The van der Waals surface area contributed by atoms with Crippen molar-refractivity contribution in [3.05, 3.63) is 113 Å². The van der Waals surface area contributed by atoms with E-state index in [4.69, 9.17) is 11.5 Å². The number of nitrogens with one attached hydrogen (secondary N) is 1. The first-order valence-electron chi connectivity index (χ1n) is 10.5. The molecule has 3 aromatic carbocycles. The lowest BCUT2D eigenvalue weighted by atomic mass is 9.99. The lowest BCUT2D eigenvalue weighted by Gasteiger charge is -2.12. The molecule has 170 valence electrons. The van der Waals surface area contributed by atoms with E-state index in [0.717, 1.165) is 22.3 Å². The summed E-state index contributed by atoms with van der Waals surface area (Å²) in [5.41, 5.74) is 15.4. The van der Waals surface area contributed by atoms with Gasteiger partial charge in [0.25, 0.3) is 11.8 Å². The molecule has 0 spiro atoms. The molecule has 0 unspecified atom stereocenters. The average molecular weight is 455 g/mol. The molecule has 0 aliphatic heterocycles. The van der Waals surface area contributed by atoms with E-state index in [-0.39, 0.29) is 23.2 Å². The van der Waals surface area contributed by atoms with Crippen molar-refractivity contribution in [3.63, 3.8) is 0 Å². The van der Waals surface area contributed by atoms with Gasteiger partial charge in [0.05, 0.1) is 11.9 Å². The number of carbonyl (C=O) groups is 2. The third-order valence-electron chi connectivity index (χ3n) is 5.27. The second-order valence-electron chi connectivity index (χ2n) is 7.68. The number of hydrogen-bond acceptors (Lipinski definition) is 5. The molecule has 4 rings (SSSR count). The van der Waals surface area contributed by atoms with Crippen LogP contribution in [0.2, 0.25) is 0 Å². The monoisotopic (exact) mass is 455 g/mol. The van der Waals surface area contributed by atoms with Crippen LogP contribution >= 0.6 is 0 Å².